The number of anilines is 1. The number of carbonyl (C=O) groups excluding carboxylic acids is 1. The van der Waals surface area contributed by atoms with E-state index < -0.39 is 0 Å². The fourth-order valence-electron chi connectivity index (χ4n) is 2.33. The summed E-state index contributed by atoms with van der Waals surface area (Å²) in [6.45, 7) is 0.269. The van der Waals surface area contributed by atoms with E-state index in [2.05, 4.69) is 15.6 Å². The van der Waals surface area contributed by atoms with Crippen LogP contribution < -0.4 is 10.6 Å². The molecule has 0 radical (unpaired) electrons. The lowest BCUT2D eigenvalue weighted by Gasteiger charge is -2.01. The van der Waals surface area contributed by atoms with Crippen molar-refractivity contribution < 1.29 is 9.18 Å². The van der Waals surface area contributed by atoms with Crippen molar-refractivity contribution in [1.29, 1.82) is 0 Å². The molecule has 1 aromatic carbocycles. The molecule has 0 bridgehead atoms. The molecule has 0 atom stereocenters. The molecule has 2 aromatic rings. The monoisotopic (exact) mass is 319 g/mol. The van der Waals surface area contributed by atoms with Crippen molar-refractivity contribution in [3.05, 3.63) is 46.2 Å². The van der Waals surface area contributed by atoms with E-state index in [1.54, 1.807) is 19.2 Å². The lowest BCUT2D eigenvalue weighted by Crippen LogP contribution is -2.24. The van der Waals surface area contributed by atoms with Gasteiger partial charge in [-0.05, 0) is 37.6 Å². The van der Waals surface area contributed by atoms with Crippen molar-refractivity contribution in [2.75, 3.05) is 18.9 Å². The van der Waals surface area contributed by atoms with E-state index in [9.17, 15) is 9.18 Å². The number of benzene rings is 1. The summed E-state index contributed by atoms with van der Waals surface area (Å²) in [5.41, 5.74) is 2.15. The molecule has 0 unspecified atom stereocenters. The molecule has 116 valence electrons. The smallest absolute Gasteiger partial charge is 0.240 e. The van der Waals surface area contributed by atoms with E-state index in [4.69, 9.17) is 0 Å². The van der Waals surface area contributed by atoms with Crippen molar-refractivity contribution in [2.45, 2.75) is 25.2 Å². The predicted octanol–water partition coefficient (Wildman–Crippen LogP) is 2.91. The first-order chi connectivity index (χ1) is 10.7. The van der Waals surface area contributed by atoms with Crippen LogP contribution in [0.4, 0.5) is 9.52 Å². The van der Waals surface area contributed by atoms with Crippen LogP contribution in [0.5, 0.6) is 0 Å². The summed E-state index contributed by atoms with van der Waals surface area (Å²) in [7, 11) is 1.73. The molecule has 1 saturated carbocycles. The summed E-state index contributed by atoms with van der Waals surface area (Å²) in [6, 6.07) is 6.54. The molecule has 22 heavy (non-hydrogen) atoms. The van der Waals surface area contributed by atoms with Crippen molar-refractivity contribution in [3.63, 3.8) is 0 Å². The minimum atomic E-state index is -0.226. The van der Waals surface area contributed by atoms with E-state index in [0.29, 0.717) is 11.0 Å². The molecule has 0 spiro atoms. The Balaban J connectivity index is 1.78. The zero-order valence-corrected chi connectivity index (χ0v) is 13.2. The number of halogens is 1. The number of aromatic nitrogens is 1. The first kappa shape index (κ1) is 15.1. The minimum Gasteiger partial charge on any atom is -0.311 e. The van der Waals surface area contributed by atoms with Crippen LogP contribution in [0.15, 0.2) is 24.3 Å². The fourth-order valence-corrected chi connectivity index (χ4v) is 3.43. The van der Waals surface area contributed by atoms with Gasteiger partial charge in [0.15, 0.2) is 5.13 Å². The standard InChI is InChI=1S/C16H18FN3OS/c1-18-9-14(21)19-16-20-15(11-4-5-11)13(22-16)8-10-2-6-12(17)7-3-10/h2-3,6-7,11,18H,4-5,8-9H2,1H3,(H,19,20,21). The van der Waals surface area contributed by atoms with Gasteiger partial charge in [0.1, 0.15) is 5.82 Å². The third-order valence-corrected chi connectivity index (χ3v) is 4.54. The first-order valence-electron chi connectivity index (χ1n) is 7.34. The van der Waals surface area contributed by atoms with Gasteiger partial charge in [-0.3, -0.25) is 4.79 Å². The van der Waals surface area contributed by atoms with Crippen LogP contribution >= 0.6 is 11.3 Å². The number of hydrogen-bond acceptors (Lipinski definition) is 4. The topological polar surface area (TPSA) is 54.0 Å². The van der Waals surface area contributed by atoms with E-state index in [1.807, 2.05) is 0 Å². The Labute approximate surface area is 132 Å². The van der Waals surface area contributed by atoms with Gasteiger partial charge in [0.05, 0.1) is 12.2 Å². The Hall–Kier alpha value is -1.79. The van der Waals surface area contributed by atoms with Gasteiger partial charge in [-0.2, -0.15) is 0 Å². The van der Waals surface area contributed by atoms with Crippen LogP contribution in [-0.2, 0) is 11.2 Å². The summed E-state index contributed by atoms with van der Waals surface area (Å²) in [5.74, 6) is 0.198. The highest BCUT2D eigenvalue weighted by atomic mass is 32.1. The number of amides is 1. The number of hydrogen-bond donors (Lipinski definition) is 2. The van der Waals surface area contributed by atoms with E-state index in [0.717, 1.165) is 35.4 Å². The van der Waals surface area contributed by atoms with Crippen LogP contribution in [0.1, 0.15) is 34.9 Å². The highest BCUT2D eigenvalue weighted by Crippen LogP contribution is 2.44. The summed E-state index contributed by atoms with van der Waals surface area (Å²) in [5, 5.41) is 6.30. The number of thiazole rings is 1. The van der Waals surface area contributed by atoms with Crippen molar-refractivity contribution >= 4 is 22.4 Å². The van der Waals surface area contributed by atoms with Crippen LogP contribution in [-0.4, -0.2) is 24.5 Å². The van der Waals surface area contributed by atoms with Crippen molar-refractivity contribution in [3.8, 4) is 0 Å². The molecule has 1 aromatic heterocycles. The van der Waals surface area contributed by atoms with E-state index >= 15 is 0 Å². The summed E-state index contributed by atoms with van der Waals surface area (Å²) in [4.78, 5) is 17.4. The molecule has 0 aliphatic heterocycles. The molecular weight excluding hydrogens is 301 g/mol. The molecule has 6 heteroatoms. The van der Waals surface area contributed by atoms with Crippen LogP contribution in [0.2, 0.25) is 0 Å². The maximum atomic E-state index is 13.0. The quantitative estimate of drug-likeness (QED) is 0.861. The average molecular weight is 319 g/mol. The molecule has 1 aliphatic rings. The van der Waals surface area contributed by atoms with Gasteiger partial charge in [0.25, 0.3) is 0 Å². The summed E-state index contributed by atoms with van der Waals surface area (Å²) >= 11 is 1.52. The summed E-state index contributed by atoms with van der Waals surface area (Å²) in [6.07, 6.45) is 3.04. The van der Waals surface area contributed by atoms with Gasteiger partial charge in [-0.15, -0.1) is 11.3 Å². The second kappa shape index (κ2) is 6.54. The molecule has 0 saturated heterocycles. The van der Waals surface area contributed by atoms with Crippen LogP contribution in [0.3, 0.4) is 0 Å². The Bertz CT molecular complexity index is 665. The third kappa shape index (κ3) is 3.69. The van der Waals surface area contributed by atoms with Crippen molar-refractivity contribution in [2.24, 2.45) is 0 Å². The number of rotatable bonds is 6. The zero-order valence-electron chi connectivity index (χ0n) is 12.4. The molecule has 1 fully saturated rings. The van der Waals surface area contributed by atoms with Gasteiger partial charge in [-0.25, -0.2) is 9.37 Å². The second-order valence-electron chi connectivity index (χ2n) is 5.48. The molecule has 3 rings (SSSR count). The average Bonchev–Trinajstić information content (AvgIpc) is 3.25. The van der Waals surface area contributed by atoms with Gasteiger partial charge >= 0.3 is 0 Å². The van der Waals surface area contributed by atoms with Gasteiger partial charge in [0.2, 0.25) is 5.91 Å². The van der Waals surface area contributed by atoms with Gasteiger partial charge in [0, 0.05) is 17.2 Å². The largest absolute Gasteiger partial charge is 0.311 e. The highest BCUT2D eigenvalue weighted by molar-refractivity contribution is 7.15. The number of nitrogens with zero attached hydrogens (tertiary/aromatic N) is 1. The number of nitrogens with one attached hydrogen (secondary N) is 2. The summed E-state index contributed by atoms with van der Waals surface area (Å²) < 4.78 is 13.0. The Morgan fingerprint density at radius 2 is 2.09 bits per heavy atom. The minimum absolute atomic E-state index is 0.0908. The Kier molecular flexibility index (Phi) is 4.49. The lowest BCUT2D eigenvalue weighted by molar-refractivity contribution is -0.115. The molecule has 1 aliphatic carbocycles. The number of carbonyl (C=O) groups is 1. The van der Waals surface area contributed by atoms with Gasteiger partial charge < -0.3 is 10.6 Å². The van der Waals surface area contributed by atoms with Crippen LogP contribution in [0, 0.1) is 5.82 Å². The SMILES string of the molecule is CNCC(=O)Nc1nc(C2CC2)c(Cc2ccc(F)cc2)s1. The molecular formula is C16H18FN3OS. The molecule has 2 N–H and O–H groups in total. The molecule has 4 nitrogen and oxygen atoms in total. The van der Waals surface area contributed by atoms with Crippen LogP contribution in [0.25, 0.3) is 0 Å². The van der Waals surface area contributed by atoms with E-state index in [1.165, 1.54) is 23.5 Å². The first-order valence-corrected chi connectivity index (χ1v) is 8.16. The molecule has 1 heterocycles. The third-order valence-electron chi connectivity index (χ3n) is 3.55. The maximum Gasteiger partial charge on any atom is 0.240 e. The van der Waals surface area contributed by atoms with Gasteiger partial charge in [-0.1, -0.05) is 12.1 Å². The number of likely N-dealkylation sites (N-methyl/N-ethyl adjacent to an activating group) is 1. The van der Waals surface area contributed by atoms with E-state index in [-0.39, 0.29) is 18.3 Å². The fraction of sp³-hybridized carbons (Fsp3) is 0.375. The maximum absolute atomic E-state index is 13.0. The Morgan fingerprint density at radius 3 is 2.73 bits per heavy atom. The normalized spacial score (nSPS) is 14.1. The zero-order chi connectivity index (χ0) is 15.5. The lowest BCUT2D eigenvalue weighted by atomic mass is 10.1. The molecule has 1 amide bonds. The second-order valence-corrected chi connectivity index (χ2v) is 6.57. The Morgan fingerprint density at radius 1 is 1.36 bits per heavy atom. The highest BCUT2D eigenvalue weighted by Gasteiger charge is 2.29. The van der Waals surface area contributed by atoms with Crippen molar-refractivity contribution in [1.82, 2.24) is 10.3 Å². The predicted molar refractivity (Wildman–Crippen MR) is 85.9 cm³/mol.